The zero-order valence-electron chi connectivity index (χ0n) is 12.1. The second-order valence-corrected chi connectivity index (χ2v) is 7.69. The van der Waals surface area contributed by atoms with E-state index >= 15 is 0 Å². The SMILES string of the molecule is N#CC1=C(N)Oc2c(c(=O)oc3ccccc23)[C@H]1c1ccc(Br)s1. The summed E-state index contributed by atoms with van der Waals surface area (Å²) in [5, 5.41) is 10.2. The van der Waals surface area contributed by atoms with Crippen LogP contribution in [0.4, 0.5) is 0 Å². The number of thiophene rings is 1. The highest BCUT2D eigenvalue weighted by molar-refractivity contribution is 9.11. The van der Waals surface area contributed by atoms with Gasteiger partial charge in [0, 0.05) is 4.88 Å². The highest BCUT2D eigenvalue weighted by Gasteiger charge is 2.36. The summed E-state index contributed by atoms with van der Waals surface area (Å²) in [5.74, 6) is -0.237. The van der Waals surface area contributed by atoms with Gasteiger partial charge in [-0.2, -0.15) is 5.26 Å². The average Bonchev–Trinajstić information content (AvgIpc) is 3.00. The van der Waals surface area contributed by atoms with Gasteiger partial charge >= 0.3 is 5.63 Å². The van der Waals surface area contributed by atoms with Gasteiger partial charge in [0.25, 0.3) is 0 Å². The minimum atomic E-state index is -0.601. The van der Waals surface area contributed by atoms with Gasteiger partial charge in [-0.1, -0.05) is 12.1 Å². The molecule has 7 heteroatoms. The molecule has 4 rings (SSSR count). The molecule has 118 valence electrons. The second-order valence-electron chi connectivity index (χ2n) is 5.20. The molecule has 3 heterocycles. The number of allylic oxidation sites excluding steroid dienone is 1. The van der Waals surface area contributed by atoms with Crippen LogP contribution in [0.5, 0.6) is 5.75 Å². The number of nitrogens with two attached hydrogens (primary N) is 1. The summed E-state index contributed by atoms with van der Waals surface area (Å²) in [4.78, 5) is 13.4. The number of nitrogens with zero attached hydrogens (tertiary/aromatic N) is 1. The summed E-state index contributed by atoms with van der Waals surface area (Å²) in [5.41, 5.74) is 6.37. The van der Waals surface area contributed by atoms with Crippen LogP contribution in [-0.4, -0.2) is 0 Å². The molecule has 3 aromatic rings. The van der Waals surface area contributed by atoms with Gasteiger partial charge in [0.2, 0.25) is 5.88 Å². The molecule has 1 atom stereocenters. The van der Waals surface area contributed by atoms with Crippen molar-refractivity contribution in [1.29, 1.82) is 5.26 Å². The molecule has 0 radical (unpaired) electrons. The van der Waals surface area contributed by atoms with E-state index in [1.807, 2.05) is 18.2 Å². The summed E-state index contributed by atoms with van der Waals surface area (Å²) in [7, 11) is 0. The van der Waals surface area contributed by atoms with Crippen LogP contribution in [0.3, 0.4) is 0 Å². The maximum absolute atomic E-state index is 12.6. The molecule has 1 aromatic carbocycles. The third kappa shape index (κ3) is 2.15. The molecular weight excluding hydrogens is 392 g/mol. The lowest BCUT2D eigenvalue weighted by Gasteiger charge is -2.24. The predicted molar refractivity (Wildman–Crippen MR) is 93.8 cm³/mol. The molecule has 0 saturated heterocycles. The van der Waals surface area contributed by atoms with Crippen LogP contribution in [-0.2, 0) is 0 Å². The van der Waals surface area contributed by atoms with E-state index in [2.05, 4.69) is 22.0 Å². The van der Waals surface area contributed by atoms with Gasteiger partial charge in [-0.15, -0.1) is 11.3 Å². The number of para-hydroxylation sites is 1. The first-order valence-corrected chi connectivity index (χ1v) is 8.59. The van der Waals surface area contributed by atoms with Gasteiger partial charge in [0.05, 0.1) is 20.7 Å². The lowest BCUT2D eigenvalue weighted by Crippen LogP contribution is -2.25. The van der Waals surface area contributed by atoms with Crippen LogP contribution in [0.1, 0.15) is 16.4 Å². The summed E-state index contributed by atoms with van der Waals surface area (Å²) < 4.78 is 12.0. The van der Waals surface area contributed by atoms with Crippen LogP contribution < -0.4 is 16.1 Å². The van der Waals surface area contributed by atoms with Crippen molar-refractivity contribution in [2.75, 3.05) is 0 Å². The molecule has 2 aromatic heterocycles. The number of nitriles is 1. The van der Waals surface area contributed by atoms with Crippen molar-refractivity contribution in [2.24, 2.45) is 5.73 Å². The molecule has 0 amide bonds. The minimum absolute atomic E-state index is 0.00951. The number of benzene rings is 1. The fraction of sp³-hybridized carbons (Fsp3) is 0.0588. The Hall–Kier alpha value is -2.56. The van der Waals surface area contributed by atoms with Gasteiger partial charge in [-0.3, -0.25) is 0 Å². The smallest absolute Gasteiger partial charge is 0.344 e. The lowest BCUT2D eigenvalue weighted by molar-refractivity contribution is 0.388. The Balaban J connectivity index is 2.10. The summed E-state index contributed by atoms with van der Waals surface area (Å²) in [6.07, 6.45) is 0. The Morgan fingerprint density at radius 3 is 2.75 bits per heavy atom. The number of fused-ring (bicyclic) bond motifs is 3. The highest BCUT2D eigenvalue weighted by Crippen LogP contribution is 2.45. The normalized spacial score (nSPS) is 16.6. The molecule has 0 aliphatic carbocycles. The molecule has 24 heavy (non-hydrogen) atoms. The van der Waals surface area contributed by atoms with Gasteiger partial charge in [0.1, 0.15) is 17.2 Å². The van der Waals surface area contributed by atoms with Crippen molar-refractivity contribution in [3.63, 3.8) is 0 Å². The van der Waals surface area contributed by atoms with Crippen molar-refractivity contribution < 1.29 is 9.15 Å². The topological polar surface area (TPSA) is 89.3 Å². The van der Waals surface area contributed by atoms with E-state index in [4.69, 9.17) is 14.9 Å². The first kappa shape index (κ1) is 15.0. The Kier molecular flexibility index (Phi) is 3.44. The monoisotopic (exact) mass is 400 g/mol. The van der Waals surface area contributed by atoms with E-state index < -0.39 is 11.5 Å². The summed E-state index contributed by atoms with van der Waals surface area (Å²) in [6.45, 7) is 0. The Labute approximate surface area is 148 Å². The van der Waals surface area contributed by atoms with Crippen molar-refractivity contribution >= 4 is 38.2 Å². The molecule has 5 nitrogen and oxygen atoms in total. The van der Waals surface area contributed by atoms with E-state index in [0.717, 1.165) is 8.66 Å². The largest absolute Gasteiger partial charge is 0.439 e. The Morgan fingerprint density at radius 2 is 2.04 bits per heavy atom. The zero-order valence-corrected chi connectivity index (χ0v) is 14.5. The lowest BCUT2D eigenvalue weighted by atomic mass is 9.88. The molecule has 2 N–H and O–H groups in total. The van der Waals surface area contributed by atoms with Gasteiger partial charge in [0.15, 0.2) is 5.75 Å². The average molecular weight is 401 g/mol. The van der Waals surface area contributed by atoms with Gasteiger partial charge in [-0.05, 0) is 40.2 Å². The third-order valence-corrected chi connectivity index (χ3v) is 5.54. The maximum Gasteiger partial charge on any atom is 0.344 e. The number of hydrogen-bond acceptors (Lipinski definition) is 6. The molecule has 0 saturated carbocycles. The zero-order chi connectivity index (χ0) is 16.8. The molecule has 0 bridgehead atoms. The summed E-state index contributed by atoms with van der Waals surface area (Å²) in [6, 6.07) is 12.9. The minimum Gasteiger partial charge on any atom is -0.439 e. The molecule has 0 spiro atoms. The fourth-order valence-corrected chi connectivity index (χ4v) is 4.38. The number of hydrogen-bond donors (Lipinski definition) is 1. The maximum atomic E-state index is 12.6. The predicted octanol–water partition coefficient (Wildman–Crippen LogP) is 3.84. The van der Waals surface area contributed by atoms with E-state index in [9.17, 15) is 10.1 Å². The first-order valence-electron chi connectivity index (χ1n) is 6.98. The molecule has 0 unspecified atom stereocenters. The van der Waals surface area contributed by atoms with Gasteiger partial charge in [-0.25, -0.2) is 4.79 Å². The van der Waals surface area contributed by atoms with Crippen molar-refractivity contribution in [2.45, 2.75) is 5.92 Å². The molecular formula is C17H9BrN2O3S. The fourth-order valence-electron chi connectivity index (χ4n) is 2.83. The van der Waals surface area contributed by atoms with Crippen LogP contribution in [0, 0.1) is 11.3 Å². The second kappa shape index (κ2) is 5.51. The summed E-state index contributed by atoms with van der Waals surface area (Å²) >= 11 is 4.84. The van der Waals surface area contributed by atoms with Crippen LogP contribution in [0.15, 0.2) is 60.9 Å². The van der Waals surface area contributed by atoms with E-state index in [1.54, 1.807) is 18.2 Å². The third-order valence-electron chi connectivity index (χ3n) is 3.85. The number of halogens is 1. The van der Waals surface area contributed by atoms with Crippen LogP contribution in [0.25, 0.3) is 11.0 Å². The number of rotatable bonds is 1. The Morgan fingerprint density at radius 1 is 1.25 bits per heavy atom. The first-order chi connectivity index (χ1) is 11.6. The van der Waals surface area contributed by atoms with E-state index in [-0.39, 0.29) is 11.5 Å². The van der Waals surface area contributed by atoms with E-state index in [0.29, 0.717) is 22.3 Å². The quantitative estimate of drug-likeness (QED) is 0.626. The number of ether oxygens (including phenoxy) is 1. The Bertz CT molecular complexity index is 1110. The van der Waals surface area contributed by atoms with Gasteiger partial charge < -0.3 is 14.9 Å². The molecule has 1 aliphatic heterocycles. The molecule has 0 fully saturated rings. The van der Waals surface area contributed by atoms with Crippen LogP contribution in [0.2, 0.25) is 0 Å². The van der Waals surface area contributed by atoms with Crippen molar-refractivity contribution in [3.05, 3.63) is 72.5 Å². The van der Waals surface area contributed by atoms with Crippen molar-refractivity contribution in [3.8, 4) is 11.8 Å². The highest BCUT2D eigenvalue weighted by atomic mass is 79.9. The van der Waals surface area contributed by atoms with Crippen molar-refractivity contribution in [1.82, 2.24) is 0 Å². The van der Waals surface area contributed by atoms with E-state index in [1.165, 1.54) is 11.3 Å². The molecule has 1 aliphatic rings. The standard InChI is InChI=1S/C17H9BrN2O3S/c18-12-6-5-11(24-12)13-9(7-19)16(20)23-15-8-3-1-2-4-10(8)22-17(21)14(13)15/h1-6,13H,20H2/t13-/m1/s1. The van der Waals surface area contributed by atoms with Crippen LogP contribution >= 0.6 is 27.3 Å².